The normalized spacial score (nSPS) is 17.4. The zero-order valence-corrected chi connectivity index (χ0v) is 10.3. The first-order valence-corrected chi connectivity index (χ1v) is 5.79. The Morgan fingerprint density at radius 2 is 2.00 bits per heavy atom. The lowest BCUT2D eigenvalue weighted by Crippen LogP contribution is -2.42. The lowest BCUT2D eigenvalue weighted by atomic mass is 9.64. The maximum atomic E-state index is 14.2. The number of halogens is 1. The maximum Gasteiger partial charge on any atom is 0.134 e. The minimum atomic E-state index is -0.286. The highest BCUT2D eigenvalue weighted by Gasteiger charge is 2.41. The molecule has 0 unspecified atom stereocenters. The predicted molar refractivity (Wildman–Crippen MR) is 64.1 cm³/mol. The standard InChI is InChI=1S/C13H18FNO2/c1-16-9-6-10(14)12(11(7-9)17-2)13(8-15)4-3-5-13/h6-7H,3-5,8,15H2,1-2H3. The van der Waals surface area contributed by atoms with Gasteiger partial charge in [0.1, 0.15) is 17.3 Å². The summed E-state index contributed by atoms with van der Waals surface area (Å²) in [5.74, 6) is 0.716. The van der Waals surface area contributed by atoms with Crippen LogP contribution in [0, 0.1) is 5.82 Å². The number of hydrogen-bond donors (Lipinski definition) is 1. The van der Waals surface area contributed by atoms with Crippen molar-refractivity contribution in [2.75, 3.05) is 20.8 Å². The fourth-order valence-electron chi connectivity index (χ4n) is 2.51. The summed E-state index contributed by atoms with van der Waals surface area (Å²) in [6.07, 6.45) is 2.93. The molecule has 3 nitrogen and oxygen atoms in total. The van der Waals surface area contributed by atoms with E-state index < -0.39 is 0 Å². The van der Waals surface area contributed by atoms with Gasteiger partial charge in [0.2, 0.25) is 0 Å². The largest absolute Gasteiger partial charge is 0.497 e. The third kappa shape index (κ3) is 1.86. The molecule has 94 valence electrons. The van der Waals surface area contributed by atoms with Crippen LogP contribution in [0.1, 0.15) is 24.8 Å². The average molecular weight is 239 g/mol. The van der Waals surface area contributed by atoms with Crippen LogP contribution in [0.4, 0.5) is 4.39 Å². The van der Waals surface area contributed by atoms with E-state index in [-0.39, 0.29) is 11.2 Å². The number of rotatable bonds is 4. The highest BCUT2D eigenvalue weighted by Crippen LogP contribution is 2.48. The topological polar surface area (TPSA) is 44.5 Å². The minimum absolute atomic E-state index is 0.248. The summed E-state index contributed by atoms with van der Waals surface area (Å²) in [7, 11) is 3.05. The van der Waals surface area contributed by atoms with Gasteiger partial charge in [-0.2, -0.15) is 0 Å². The molecule has 1 aromatic rings. The molecule has 0 bridgehead atoms. The summed E-state index contributed by atoms with van der Waals surface area (Å²) in [5.41, 5.74) is 6.17. The number of benzene rings is 1. The van der Waals surface area contributed by atoms with E-state index in [4.69, 9.17) is 15.2 Å². The number of hydrogen-bond acceptors (Lipinski definition) is 3. The minimum Gasteiger partial charge on any atom is -0.497 e. The highest BCUT2D eigenvalue weighted by atomic mass is 19.1. The molecule has 1 aliphatic carbocycles. The molecular formula is C13H18FNO2. The molecule has 0 saturated heterocycles. The lowest BCUT2D eigenvalue weighted by molar-refractivity contribution is 0.234. The summed E-state index contributed by atoms with van der Waals surface area (Å²) in [6, 6.07) is 3.11. The van der Waals surface area contributed by atoms with E-state index in [9.17, 15) is 4.39 Å². The van der Waals surface area contributed by atoms with Crippen molar-refractivity contribution in [1.29, 1.82) is 0 Å². The van der Waals surface area contributed by atoms with Crippen LogP contribution in [0.25, 0.3) is 0 Å². The Kier molecular flexibility index (Phi) is 3.24. The Bertz CT molecular complexity index is 411. The van der Waals surface area contributed by atoms with Crippen LogP contribution < -0.4 is 15.2 Å². The van der Waals surface area contributed by atoms with Crippen LogP contribution in [0.15, 0.2) is 12.1 Å². The van der Waals surface area contributed by atoms with E-state index in [0.717, 1.165) is 19.3 Å². The van der Waals surface area contributed by atoms with E-state index in [1.54, 1.807) is 13.2 Å². The van der Waals surface area contributed by atoms with Gasteiger partial charge in [-0.25, -0.2) is 4.39 Å². The molecule has 0 amide bonds. The van der Waals surface area contributed by atoms with Crippen LogP contribution in [-0.4, -0.2) is 20.8 Å². The Balaban J connectivity index is 2.52. The van der Waals surface area contributed by atoms with Crippen molar-refractivity contribution in [1.82, 2.24) is 0 Å². The van der Waals surface area contributed by atoms with Gasteiger partial charge in [0, 0.05) is 29.7 Å². The summed E-state index contributed by atoms with van der Waals surface area (Å²) in [4.78, 5) is 0. The van der Waals surface area contributed by atoms with E-state index in [1.165, 1.54) is 13.2 Å². The SMILES string of the molecule is COc1cc(F)c(C2(CN)CCC2)c(OC)c1. The molecule has 2 rings (SSSR count). The third-order valence-corrected chi connectivity index (χ3v) is 3.71. The second-order valence-electron chi connectivity index (χ2n) is 4.52. The summed E-state index contributed by atoms with van der Waals surface area (Å²) >= 11 is 0. The van der Waals surface area contributed by atoms with Gasteiger partial charge in [-0.3, -0.25) is 0 Å². The first-order chi connectivity index (χ1) is 8.16. The molecule has 17 heavy (non-hydrogen) atoms. The Labute approximate surface area is 101 Å². The fourth-order valence-corrected chi connectivity index (χ4v) is 2.51. The van der Waals surface area contributed by atoms with Gasteiger partial charge in [-0.1, -0.05) is 6.42 Å². The quantitative estimate of drug-likeness (QED) is 0.876. The summed E-state index contributed by atoms with van der Waals surface area (Å²) in [6.45, 7) is 0.451. The van der Waals surface area contributed by atoms with Crippen LogP contribution in [-0.2, 0) is 5.41 Å². The van der Waals surface area contributed by atoms with E-state index in [0.29, 0.717) is 23.6 Å². The molecular weight excluding hydrogens is 221 g/mol. The van der Waals surface area contributed by atoms with Crippen molar-refractivity contribution >= 4 is 0 Å². The first kappa shape index (κ1) is 12.2. The maximum absolute atomic E-state index is 14.2. The van der Waals surface area contributed by atoms with Crippen LogP contribution in [0.5, 0.6) is 11.5 Å². The first-order valence-electron chi connectivity index (χ1n) is 5.79. The monoisotopic (exact) mass is 239 g/mol. The molecule has 0 heterocycles. The Morgan fingerprint density at radius 3 is 2.41 bits per heavy atom. The van der Waals surface area contributed by atoms with Crippen molar-refractivity contribution < 1.29 is 13.9 Å². The molecule has 4 heteroatoms. The van der Waals surface area contributed by atoms with E-state index in [1.807, 2.05) is 0 Å². The van der Waals surface area contributed by atoms with Gasteiger partial charge in [-0.05, 0) is 12.8 Å². The van der Waals surface area contributed by atoms with Crippen LogP contribution in [0.3, 0.4) is 0 Å². The zero-order chi connectivity index (χ0) is 12.5. The molecule has 0 atom stereocenters. The molecule has 0 radical (unpaired) electrons. The second kappa shape index (κ2) is 4.53. The number of methoxy groups -OCH3 is 2. The second-order valence-corrected chi connectivity index (χ2v) is 4.52. The Morgan fingerprint density at radius 1 is 1.29 bits per heavy atom. The van der Waals surface area contributed by atoms with Crippen molar-refractivity contribution in [3.05, 3.63) is 23.5 Å². The molecule has 1 saturated carbocycles. The van der Waals surface area contributed by atoms with Gasteiger partial charge in [-0.15, -0.1) is 0 Å². The van der Waals surface area contributed by atoms with Crippen molar-refractivity contribution in [2.45, 2.75) is 24.7 Å². The van der Waals surface area contributed by atoms with E-state index >= 15 is 0 Å². The number of ether oxygens (including phenoxy) is 2. The molecule has 2 N–H and O–H groups in total. The highest BCUT2D eigenvalue weighted by molar-refractivity contribution is 5.47. The van der Waals surface area contributed by atoms with Crippen LogP contribution in [0.2, 0.25) is 0 Å². The van der Waals surface area contributed by atoms with Crippen molar-refractivity contribution in [3.63, 3.8) is 0 Å². The average Bonchev–Trinajstić information content (AvgIpc) is 2.29. The van der Waals surface area contributed by atoms with Gasteiger partial charge >= 0.3 is 0 Å². The molecule has 1 fully saturated rings. The van der Waals surface area contributed by atoms with Gasteiger partial charge in [0.15, 0.2) is 0 Å². The molecule has 1 aliphatic rings. The molecule has 0 aliphatic heterocycles. The van der Waals surface area contributed by atoms with Gasteiger partial charge in [0.05, 0.1) is 14.2 Å². The lowest BCUT2D eigenvalue weighted by Gasteiger charge is -2.42. The molecule has 0 aromatic heterocycles. The fraction of sp³-hybridized carbons (Fsp3) is 0.538. The predicted octanol–water partition coefficient (Wildman–Crippen LogP) is 2.22. The molecule has 0 spiro atoms. The third-order valence-electron chi connectivity index (χ3n) is 3.71. The number of nitrogens with two attached hydrogens (primary N) is 1. The van der Waals surface area contributed by atoms with Crippen LogP contribution >= 0.6 is 0 Å². The van der Waals surface area contributed by atoms with Crippen molar-refractivity contribution in [2.24, 2.45) is 5.73 Å². The molecule has 1 aromatic carbocycles. The summed E-state index contributed by atoms with van der Waals surface area (Å²) in [5, 5.41) is 0. The summed E-state index contributed by atoms with van der Waals surface area (Å²) < 4.78 is 24.5. The Hall–Kier alpha value is -1.29. The van der Waals surface area contributed by atoms with Gasteiger partial charge in [0.25, 0.3) is 0 Å². The van der Waals surface area contributed by atoms with Gasteiger partial charge < -0.3 is 15.2 Å². The van der Waals surface area contributed by atoms with E-state index in [2.05, 4.69) is 0 Å². The zero-order valence-electron chi connectivity index (χ0n) is 10.3. The van der Waals surface area contributed by atoms with Crippen molar-refractivity contribution in [3.8, 4) is 11.5 Å². The smallest absolute Gasteiger partial charge is 0.134 e.